The van der Waals surface area contributed by atoms with Crippen molar-refractivity contribution in [3.8, 4) is 0 Å². The van der Waals surface area contributed by atoms with E-state index >= 15 is 0 Å². The minimum Gasteiger partial charge on any atom is -0.383 e. The zero-order valence-corrected chi connectivity index (χ0v) is 19.2. The van der Waals surface area contributed by atoms with Crippen molar-refractivity contribution in [2.75, 3.05) is 16.4 Å². The second kappa shape index (κ2) is 10.1. The minimum absolute atomic E-state index is 0.0135. The molecule has 33 heavy (non-hydrogen) atoms. The molecule has 174 valence electrons. The molecule has 0 radical (unpaired) electrons. The number of nitrogen functional groups attached to an aromatic ring is 1. The molecule has 2 aromatic heterocycles. The first-order valence-corrected chi connectivity index (χ1v) is 12.0. The van der Waals surface area contributed by atoms with Crippen molar-refractivity contribution in [1.82, 2.24) is 24.7 Å². The van der Waals surface area contributed by atoms with Crippen molar-refractivity contribution in [2.45, 2.75) is 56.8 Å². The zero-order valence-electron chi connectivity index (χ0n) is 18.4. The highest BCUT2D eigenvalue weighted by Gasteiger charge is 2.28. The Balaban J connectivity index is 1.63. The second-order valence-corrected chi connectivity index (χ2v) is 8.97. The molecule has 0 saturated heterocycles. The third-order valence-corrected chi connectivity index (χ3v) is 6.31. The molecule has 0 spiro atoms. The van der Waals surface area contributed by atoms with Crippen LogP contribution in [0, 0.1) is 0 Å². The SMILES string of the molecule is CCCCn1c(N)c(N(Cc2ccccc2)C(=O)CSc2n[nH]c(C3CC3)n2)c(=O)[nH]c1=O. The van der Waals surface area contributed by atoms with E-state index in [1.54, 1.807) is 0 Å². The molecule has 1 fully saturated rings. The number of nitrogens with one attached hydrogen (secondary N) is 2. The number of hydrogen-bond donors (Lipinski definition) is 3. The van der Waals surface area contributed by atoms with Crippen LogP contribution in [-0.4, -0.2) is 36.4 Å². The lowest BCUT2D eigenvalue weighted by molar-refractivity contribution is -0.116. The summed E-state index contributed by atoms with van der Waals surface area (Å²) in [4.78, 5) is 46.6. The van der Waals surface area contributed by atoms with Crippen molar-refractivity contribution < 1.29 is 4.79 Å². The van der Waals surface area contributed by atoms with Gasteiger partial charge in [-0.25, -0.2) is 9.78 Å². The van der Waals surface area contributed by atoms with Crippen molar-refractivity contribution in [3.63, 3.8) is 0 Å². The van der Waals surface area contributed by atoms with Crippen molar-refractivity contribution in [3.05, 3.63) is 62.6 Å². The fraction of sp³-hybridized carbons (Fsp3) is 0.409. The summed E-state index contributed by atoms with van der Waals surface area (Å²) < 4.78 is 1.32. The molecule has 0 atom stereocenters. The lowest BCUT2D eigenvalue weighted by Crippen LogP contribution is -2.41. The number of H-pyrrole nitrogens is 2. The first kappa shape index (κ1) is 22.8. The molecule has 0 bridgehead atoms. The maximum atomic E-state index is 13.3. The molecule has 4 rings (SSSR count). The number of amides is 1. The van der Waals surface area contributed by atoms with E-state index in [1.165, 1.54) is 21.2 Å². The Hall–Kier alpha value is -3.34. The molecular formula is C22H27N7O3S. The second-order valence-electron chi connectivity index (χ2n) is 8.03. The summed E-state index contributed by atoms with van der Waals surface area (Å²) >= 11 is 1.19. The van der Waals surface area contributed by atoms with Gasteiger partial charge in [0.1, 0.15) is 11.6 Å². The van der Waals surface area contributed by atoms with E-state index in [9.17, 15) is 14.4 Å². The molecule has 0 aliphatic heterocycles. The number of nitrogens with zero attached hydrogens (tertiary/aromatic N) is 4. The Morgan fingerprint density at radius 1 is 1.27 bits per heavy atom. The molecule has 0 unspecified atom stereocenters. The van der Waals surface area contributed by atoms with E-state index in [2.05, 4.69) is 20.2 Å². The van der Waals surface area contributed by atoms with Crippen LogP contribution in [0.25, 0.3) is 0 Å². The van der Waals surface area contributed by atoms with Gasteiger partial charge in [-0.15, -0.1) is 5.10 Å². The molecule has 1 saturated carbocycles. The standard InChI is InChI=1S/C22H27N7O3S/c1-2-3-11-28-18(23)17(20(31)25-22(28)32)29(12-14-7-5-4-6-8-14)16(30)13-33-21-24-19(26-27-21)15-9-10-15/h4-8,15H,2-3,9-13,23H2,1H3,(H,24,26,27)(H,25,31,32). The van der Waals surface area contributed by atoms with Crippen LogP contribution < -0.4 is 21.9 Å². The van der Waals surface area contributed by atoms with Crippen molar-refractivity contribution in [1.29, 1.82) is 0 Å². The van der Waals surface area contributed by atoms with Gasteiger partial charge in [0.05, 0.1) is 12.3 Å². The van der Waals surface area contributed by atoms with Crippen LogP contribution in [0.4, 0.5) is 11.5 Å². The van der Waals surface area contributed by atoms with Gasteiger partial charge in [-0.3, -0.25) is 29.1 Å². The van der Waals surface area contributed by atoms with E-state index in [1.807, 2.05) is 37.3 Å². The molecule has 3 aromatic rings. The van der Waals surface area contributed by atoms with Crippen LogP contribution in [0.1, 0.15) is 49.9 Å². The lowest BCUT2D eigenvalue weighted by Gasteiger charge is -2.24. The summed E-state index contributed by atoms with van der Waals surface area (Å²) in [6, 6.07) is 9.31. The average Bonchev–Trinajstić information content (AvgIpc) is 3.55. The Kier molecular flexibility index (Phi) is 6.97. The van der Waals surface area contributed by atoms with Crippen LogP contribution in [0.2, 0.25) is 0 Å². The summed E-state index contributed by atoms with van der Waals surface area (Å²) in [7, 11) is 0. The quantitative estimate of drug-likeness (QED) is 0.386. The van der Waals surface area contributed by atoms with E-state index in [4.69, 9.17) is 5.73 Å². The van der Waals surface area contributed by atoms with Crippen LogP contribution in [-0.2, 0) is 17.9 Å². The Labute approximate surface area is 194 Å². The summed E-state index contributed by atoms with van der Waals surface area (Å²) in [6.45, 7) is 2.49. The maximum absolute atomic E-state index is 13.3. The molecule has 1 aliphatic carbocycles. The van der Waals surface area contributed by atoms with E-state index < -0.39 is 11.2 Å². The lowest BCUT2D eigenvalue weighted by atomic mass is 10.2. The molecule has 1 aromatic carbocycles. The number of rotatable bonds is 10. The number of thioether (sulfide) groups is 1. The van der Waals surface area contributed by atoms with Gasteiger partial charge in [0.25, 0.3) is 5.56 Å². The summed E-state index contributed by atoms with van der Waals surface area (Å²) in [5.74, 6) is 0.941. The molecular weight excluding hydrogens is 442 g/mol. The van der Waals surface area contributed by atoms with Crippen LogP contribution in [0.15, 0.2) is 45.1 Å². The molecule has 11 heteroatoms. The van der Waals surface area contributed by atoms with Gasteiger partial charge in [-0.1, -0.05) is 55.4 Å². The van der Waals surface area contributed by atoms with E-state index in [0.717, 1.165) is 30.7 Å². The smallest absolute Gasteiger partial charge is 0.330 e. The summed E-state index contributed by atoms with van der Waals surface area (Å²) in [5.41, 5.74) is 5.82. The van der Waals surface area contributed by atoms with Gasteiger partial charge in [-0.05, 0) is 24.8 Å². The number of anilines is 2. The van der Waals surface area contributed by atoms with Crippen molar-refractivity contribution >= 4 is 29.2 Å². The number of nitrogens with two attached hydrogens (primary N) is 1. The Bertz CT molecular complexity index is 1230. The monoisotopic (exact) mass is 469 g/mol. The van der Waals surface area contributed by atoms with E-state index in [0.29, 0.717) is 24.0 Å². The Morgan fingerprint density at radius 2 is 2.03 bits per heavy atom. The number of unbranched alkanes of at least 4 members (excludes halogenated alkanes) is 1. The summed E-state index contributed by atoms with van der Waals surface area (Å²) in [6.07, 6.45) is 3.76. The average molecular weight is 470 g/mol. The number of carbonyl (C=O) groups excluding carboxylic acids is 1. The number of aromatic amines is 2. The molecule has 10 nitrogen and oxygen atoms in total. The molecule has 2 heterocycles. The van der Waals surface area contributed by atoms with Gasteiger partial charge in [-0.2, -0.15) is 0 Å². The van der Waals surface area contributed by atoms with Crippen LogP contribution in [0.5, 0.6) is 0 Å². The first-order chi connectivity index (χ1) is 16.0. The van der Waals surface area contributed by atoms with Crippen LogP contribution >= 0.6 is 11.8 Å². The number of hydrogen-bond acceptors (Lipinski definition) is 7. The van der Waals surface area contributed by atoms with E-state index in [-0.39, 0.29) is 29.7 Å². The Morgan fingerprint density at radius 3 is 2.73 bits per heavy atom. The summed E-state index contributed by atoms with van der Waals surface area (Å²) in [5, 5.41) is 7.59. The maximum Gasteiger partial charge on any atom is 0.330 e. The largest absolute Gasteiger partial charge is 0.383 e. The highest BCUT2D eigenvalue weighted by molar-refractivity contribution is 7.99. The van der Waals surface area contributed by atoms with Crippen LogP contribution in [0.3, 0.4) is 0 Å². The highest BCUT2D eigenvalue weighted by atomic mass is 32.2. The fourth-order valence-corrected chi connectivity index (χ4v) is 4.18. The first-order valence-electron chi connectivity index (χ1n) is 11.0. The zero-order chi connectivity index (χ0) is 23.4. The highest BCUT2D eigenvalue weighted by Crippen LogP contribution is 2.38. The molecule has 1 amide bonds. The topological polar surface area (TPSA) is 143 Å². The van der Waals surface area contributed by atoms with Gasteiger partial charge >= 0.3 is 5.69 Å². The predicted octanol–water partition coefficient (Wildman–Crippen LogP) is 2.24. The molecule has 4 N–H and O–H groups in total. The van der Waals surface area contributed by atoms with Gasteiger partial charge < -0.3 is 5.73 Å². The van der Waals surface area contributed by atoms with Gasteiger partial charge in [0, 0.05) is 12.5 Å². The van der Waals surface area contributed by atoms with Gasteiger partial charge in [0.15, 0.2) is 5.69 Å². The third-order valence-electron chi connectivity index (χ3n) is 5.47. The minimum atomic E-state index is -0.687. The van der Waals surface area contributed by atoms with Gasteiger partial charge in [0.2, 0.25) is 11.1 Å². The van der Waals surface area contributed by atoms with Crippen molar-refractivity contribution in [2.24, 2.45) is 0 Å². The fourth-order valence-electron chi connectivity index (χ4n) is 3.50. The number of aromatic nitrogens is 5. The molecule has 1 aliphatic rings. The number of benzene rings is 1. The predicted molar refractivity (Wildman–Crippen MR) is 127 cm³/mol. The number of carbonyl (C=O) groups is 1. The normalized spacial score (nSPS) is 13.2. The third kappa shape index (κ3) is 5.36.